The van der Waals surface area contributed by atoms with Gasteiger partial charge in [-0.25, -0.2) is 9.78 Å². The molecule has 3 N–H and O–H groups in total. The van der Waals surface area contributed by atoms with Gasteiger partial charge < -0.3 is 19.7 Å². The van der Waals surface area contributed by atoms with Crippen molar-refractivity contribution < 1.29 is 42.4 Å². The summed E-state index contributed by atoms with van der Waals surface area (Å²) in [4.78, 5) is 27.7. The molecule has 0 radical (unpaired) electrons. The van der Waals surface area contributed by atoms with Crippen LogP contribution in [0.4, 0.5) is 18.3 Å². The van der Waals surface area contributed by atoms with Crippen LogP contribution in [0, 0.1) is 0 Å². The first kappa shape index (κ1) is 21.9. The van der Waals surface area contributed by atoms with Gasteiger partial charge in [0.05, 0.1) is 10.2 Å². The molecule has 0 saturated carbocycles. The van der Waals surface area contributed by atoms with Gasteiger partial charge in [-0.05, 0) is 35.9 Å². The van der Waals surface area contributed by atoms with Crippen LogP contribution in [0.25, 0.3) is 16.3 Å². The summed E-state index contributed by atoms with van der Waals surface area (Å²) >= 11 is 0.921. The van der Waals surface area contributed by atoms with Crippen molar-refractivity contribution in [3.8, 4) is 17.2 Å². The van der Waals surface area contributed by atoms with E-state index in [0.29, 0.717) is 15.8 Å². The first-order valence-corrected chi connectivity index (χ1v) is 9.24. The summed E-state index contributed by atoms with van der Waals surface area (Å²) in [6.07, 6.45) is -2.48. The van der Waals surface area contributed by atoms with Crippen LogP contribution in [-0.2, 0) is 14.3 Å². The van der Waals surface area contributed by atoms with Gasteiger partial charge in [0.25, 0.3) is 5.91 Å². The number of amides is 1. The number of aromatic nitrogens is 1. The second-order valence-corrected chi connectivity index (χ2v) is 6.96. The molecule has 0 aliphatic rings. The Bertz CT molecular complexity index is 1160. The number of fused-ring (bicyclic) bond motifs is 1. The Morgan fingerprint density at radius 1 is 1.13 bits per heavy atom. The lowest BCUT2D eigenvalue weighted by molar-refractivity contribution is -0.274. The second-order valence-electron chi connectivity index (χ2n) is 5.93. The highest BCUT2D eigenvalue weighted by molar-refractivity contribution is 7.22. The molecule has 2 aromatic carbocycles. The Labute approximate surface area is 176 Å². The summed E-state index contributed by atoms with van der Waals surface area (Å²) in [5.41, 5.74) is 0.770. The van der Waals surface area contributed by atoms with Crippen molar-refractivity contribution in [2.24, 2.45) is 0 Å². The molecule has 1 heterocycles. The van der Waals surface area contributed by atoms with Gasteiger partial charge in [-0.1, -0.05) is 17.4 Å². The van der Waals surface area contributed by atoms with Gasteiger partial charge in [0.2, 0.25) is 0 Å². The Morgan fingerprint density at radius 2 is 1.90 bits per heavy atom. The number of nitrogens with one attached hydrogen (secondary N) is 1. The fourth-order valence-electron chi connectivity index (χ4n) is 2.30. The Hall–Kier alpha value is -3.80. The summed E-state index contributed by atoms with van der Waals surface area (Å²) in [7, 11) is 0. The van der Waals surface area contributed by atoms with E-state index in [1.165, 1.54) is 30.3 Å². The molecule has 0 spiro atoms. The number of phenolic OH excluding ortho intramolecular Hbond substituents is 2. The molecule has 3 aromatic rings. The van der Waals surface area contributed by atoms with Gasteiger partial charge in [0.15, 0.2) is 23.2 Å². The molecule has 3 rings (SSSR count). The maximum atomic E-state index is 12.3. The number of alkyl halides is 3. The minimum Gasteiger partial charge on any atom is -0.504 e. The molecule has 1 aromatic heterocycles. The third-order valence-corrected chi connectivity index (χ3v) is 4.53. The fourth-order valence-corrected chi connectivity index (χ4v) is 3.21. The highest BCUT2D eigenvalue weighted by atomic mass is 32.1. The van der Waals surface area contributed by atoms with E-state index >= 15 is 0 Å². The van der Waals surface area contributed by atoms with Crippen LogP contribution < -0.4 is 10.1 Å². The third kappa shape index (κ3) is 6.34. The molecule has 12 heteroatoms. The van der Waals surface area contributed by atoms with Crippen LogP contribution in [0.15, 0.2) is 42.5 Å². The summed E-state index contributed by atoms with van der Waals surface area (Å²) in [6, 6.07) is 7.47. The zero-order valence-corrected chi connectivity index (χ0v) is 16.2. The van der Waals surface area contributed by atoms with Gasteiger partial charge in [0, 0.05) is 12.1 Å². The van der Waals surface area contributed by atoms with E-state index in [4.69, 9.17) is 4.74 Å². The van der Waals surface area contributed by atoms with Crippen molar-refractivity contribution in [3.05, 3.63) is 48.0 Å². The largest absolute Gasteiger partial charge is 0.573 e. The lowest BCUT2D eigenvalue weighted by Crippen LogP contribution is -2.19. The predicted molar refractivity (Wildman–Crippen MR) is 105 cm³/mol. The molecule has 8 nitrogen and oxygen atoms in total. The molecule has 0 fully saturated rings. The van der Waals surface area contributed by atoms with Crippen LogP contribution in [0.1, 0.15) is 5.56 Å². The van der Waals surface area contributed by atoms with Gasteiger partial charge in [0.1, 0.15) is 5.75 Å². The topological polar surface area (TPSA) is 118 Å². The number of aromatic hydroxyl groups is 2. The zero-order chi connectivity index (χ0) is 22.6. The Balaban J connectivity index is 1.54. The number of rotatable bonds is 6. The maximum Gasteiger partial charge on any atom is 0.573 e. The maximum absolute atomic E-state index is 12.3. The average Bonchev–Trinajstić information content (AvgIpc) is 3.07. The molecule has 162 valence electrons. The minimum atomic E-state index is -4.82. The average molecular weight is 454 g/mol. The molecular weight excluding hydrogens is 441 g/mol. The minimum absolute atomic E-state index is 0.107. The van der Waals surface area contributed by atoms with E-state index in [2.05, 4.69) is 15.0 Å². The number of benzene rings is 2. The molecule has 0 atom stereocenters. The van der Waals surface area contributed by atoms with E-state index in [-0.39, 0.29) is 16.6 Å². The number of hydrogen-bond donors (Lipinski definition) is 3. The molecule has 31 heavy (non-hydrogen) atoms. The standard InChI is InChI=1S/C19H13F3N2O6S/c20-19(21,22)30-11-3-4-12-15(8-11)31-18(23-12)24-16(27)9-29-17(28)6-2-10-1-5-13(25)14(26)7-10/h1-8,25-26H,9H2,(H,23,24,27)/b6-2+. The van der Waals surface area contributed by atoms with E-state index in [1.54, 1.807) is 0 Å². The Morgan fingerprint density at radius 3 is 2.61 bits per heavy atom. The number of halogens is 3. The van der Waals surface area contributed by atoms with Crippen LogP contribution in [0.2, 0.25) is 0 Å². The van der Waals surface area contributed by atoms with E-state index in [9.17, 15) is 33.0 Å². The van der Waals surface area contributed by atoms with Crippen molar-refractivity contribution in [3.63, 3.8) is 0 Å². The fraction of sp³-hybridized carbons (Fsp3) is 0.105. The van der Waals surface area contributed by atoms with E-state index < -0.39 is 30.6 Å². The van der Waals surface area contributed by atoms with Crippen molar-refractivity contribution in [1.29, 1.82) is 0 Å². The number of carbonyl (C=O) groups is 2. The van der Waals surface area contributed by atoms with E-state index in [1.807, 2.05) is 0 Å². The lowest BCUT2D eigenvalue weighted by Gasteiger charge is -2.07. The highest BCUT2D eigenvalue weighted by Crippen LogP contribution is 2.31. The predicted octanol–water partition coefficient (Wildman–Crippen LogP) is 3.80. The SMILES string of the molecule is O=C(COC(=O)/C=C/c1ccc(O)c(O)c1)Nc1nc2ccc(OC(F)(F)F)cc2s1. The number of ether oxygens (including phenoxy) is 2. The first-order chi connectivity index (χ1) is 14.6. The van der Waals surface area contributed by atoms with E-state index in [0.717, 1.165) is 29.5 Å². The monoisotopic (exact) mass is 454 g/mol. The van der Waals surface area contributed by atoms with Gasteiger partial charge >= 0.3 is 12.3 Å². The number of hydrogen-bond acceptors (Lipinski definition) is 8. The molecule has 1 amide bonds. The second kappa shape index (κ2) is 8.92. The summed E-state index contributed by atoms with van der Waals surface area (Å²) in [6.45, 7) is -0.623. The molecule has 0 saturated heterocycles. The molecular formula is C19H13F3N2O6S. The number of nitrogens with zero attached hydrogens (tertiary/aromatic N) is 1. The molecule has 0 aliphatic heterocycles. The number of esters is 1. The highest BCUT2D eigenvalue weighted by Gasteiger charge is 2.31. The molecule has 0 unspecified atom stereocenters. The summed E-state index contributed by atoms with van der Waals surface area (Å²) in [5.74, 6) is -2.61. The van der Waals surface area contributed by atoms with Gasteiger partial charge in [-0.15, -0.1) is 13.2 Å². The van der Waals surface area contributed by atoms with Crippen molar-refractivity contribution in [2.45, 2.75) is 6.36 Å². The van der Waals surface area contributed by atoms with Crippen LogP contribution in [0.5, 0.6) is 17.2 Å². The first-order valence-electron chi connectivity index (χ1n) is 8.42. The smallest absolute Gasteiger partial charge is 0.504 e. The lowest BCUT2D eigenvalue weighted by atomic mass is 10.2. The summed E-state index contributed by atoms with van der Waals surface area (Å²) < 4.78 is 45.9. The quantitative estimate of drug-likeness (QED) is 0.295. The van der Waals surface area contributed by atoms with Crippen LogP contribution >= 0.6 is 11.3 Å². The molecule has 0 aliphatic carbocycles. The Kier molecular flexibility index (Phi) is 6.30. The van der Waals surface area contributed by atoms with Gasteiger partial charge in [-0.2, -0.15) is 0 Å². The van der Waals surface area contributed by atoms with Crippen molar-refractivity contribution in [1.82, 2.24) is 4.98 Å². The number of phenols is 2. The number of thiazole rings is 1. The normalized spacial score (nSPS) is 11.6. The third-order valence-electron chi connectivity index (χ3n) is 3.60. The number of anilines is 1. The molecule has 0 bridgehead atoms. The van der Waals surface area contributed by atoms with Crippen molar-refractivity contribution >= 4 is 44.6 Å². The van der Waals surface area contributed by atoms with Crippen LogP contribution in [0.3, 0.4) is 0 Å². The summed E-state index contributed by atoms with van der Waals surface area (Å²) in [5, 5.41) is 21.1. The van der Waals surface area contributed by atoms with Crippen molar-refractivity contribution in [2.75, 3.05) is 11.9 Å². The number of carbonyl (C=O) groups excluding carboxylic acids is 2. The zero-order valence-electron chi connectivity index (χ0n) is 15.3. The van der Waals surface area contributed by atoms with Crippen LogP contribution in [-0.4, -0.2) is 40.0 Å². The van der Waals surface area contributed by atoms with Gasteiger partial charge in [-0.3, -0.25) is 10.1 Å².